The van der Waals surface area contributed by atoms with Gasteiger partial charge in [-0.05, 0) is 18.2 Å². The molecule has 0 bridgehead atoms. The molecule has 0 aliphatic heterocycles. The number of ether oxygens (including phenoxy) is 1. The van der Waals surface area contributed by atoms with Crippen molar-refractivity contribution in [3.8, 4) is 17.0 Å². The van der Waals surface area contributed by atoms with E-state index in [9.17, 15) is 4.79 Å². The van der Waals surface area contributed by atoms with Crippen LogP contribution in [0.4, 0.5) is 5.69 Å². The largest absolute Gasteiger partial charge is 0.481 e. The number of aromatic nitrogens is 3. The molecular weight excluding hydrogens is 268 g/mol. The fourth-order valence-electron chi connectivity index (χ4n) is 2.09. The van der Waals surface area contributed by atoms with Gasteiger partial charge in [0, 0.05) is 36.6 Å². The molecule has 0 atom stereocenters. The lowest BCUT2D eigenvalue weighted by molar-refractivity contribution is 0.398. The lowest BCUT2D eigenvalue weighted by atomic mass is 10.1. The molecule has 3 rings (SSSR count). The Morgan fingerprint density at radius 2 is 1.90 bits per heavy atom. The minimum absolute atomic E-state index is 0.133. The highest BCUT2D eigenvalue weighted by molar-refractivity contribution is 5.64. The van der Waals surface area contributed by atoms with Crippen LogP contribution in [0.1, 0.15) is 0 Å². The van der Waals surface area contributed by atoms with E-state index < -0.39 is 0 Å². The first-order valence-electron chi connectivity index (χ1n) is 6.42. The Bertz CT molecular complexity index is 840. The molecule has 0 aliphatic rings. The average molecular weight is 282 g/mol. The third-order valence-electron chi connectivity index (χ3n) is 3.25. The summed E-state index contributed by atoms with van der Waals surface area (Å²) in [5.74, 6) is 0.552. The van der Waals surface area contributed by atoms with Gasteiger partial charge < -0.3 is 10.1 Å². The Kier molecular flexibility index (Phi) is 3.27. The predicted molar refractivity (Wildman–Crippen MR) is 80.8 cm³/mol. The SMILES string of the molecule is CNc1cnc2ccc(-c3ccc(OC)nc3)cn2c1=O. The highest BCUT2D eigenvalue weighted by atomic mass is 16.5. The number of nitrogens with zero attached hydrogens (tertiary/aromatic N) is 3. The quantitative estimate of drug-likeness (QED) is 0.793. The number of anilines is 1. The van der Waals surface area contributed by atoms with Crippen LogP contribution in [0.25, 0.3) is 16.8 Å². The van der Waals surface area contributed by atoms with Crippen LogP contribution in [0.5, 0.6) is 5.88 Å². The minimum Gasteiger partial charge on any atom is -0.481 e. The highest BCUT2D eigenvalue weighted by Gasteiger charge is 2.06. The molecule has 0 saturated heterocycles. The number of hydrogen-bond donors (Lipinski definition) is 1. The molecule has 0 amide bonds. The molecule has 6 nitrogen and oxygen atoms in total. The summed E-state index contributed by atoms with van der Waals surface area (Å²) in [5.41, 5.74) is 2.71. The maximum absolute atomic E-state index is 12.3. The van der Waals surface area contributed by atoms with Crippen molar-refractivity contribution >= 4 is 11.3 Å². The van der Waals surface area contributed by atoms with Gasteiger partial charge in [0.25, 0.3) is 5.56 Å². The summed E-state index contributed by atoms with van der Waals surface area (Å²) in [6, 6.07) is 7.39. The van der Waals surface area contributed by atoms with Gasteiger partial charge in [0.05, 0.1) is 13.3 Å². The molecule has 21 heavy (non-hydrogen) atoms. The number of hydrogen-bond acceptors (Lipinski definition) is 5. The third kappa shape index (κ3) is 2.31. The maximum Gasteiger partial charge on any atom is 0.281 e. The van der Waals surface area contributed by atoms with E-state index in [1.165, 1.54) is 10.6 Å². The number of nitrogens with one attached hydrogen (secondary N) is 1. The molecule has 3 aromatic rings. The highest BCUT2D eigenvalue weighted by Crippen LogP contribution is 2.20. The van der Waals surface area contributed by atoms with Crippen LogP contribution in [-0.2, 0) is 0 Å². The van der Waals surface area contributed by atoms with Crippen molar-refractivity contribution in [3.05, 3.63) is 53.2 Å². The molecule has 0 unspecified atom stereocenters. The summed E-state index contributed by atoms with van der Waals surface area (Å²) < 4.78 is 6.56. The Morgan fingerprint density at radius 1 is 1.10 bits per heavy atom. The number of rotatable bonds is 3. The zero-order valence-electron chi connectivity index (χ0n) is 11.7. The van der Waals surface area contributed by atoms with E-state index in [1.807, 2.05) is 12.1 Å². The lowest BCUT2D eigenvalue weighted by Crippen LogP contribution is -2.18. The smallest absolute Gasteiger partial charge is 0.281 e. The minimum atomic E-state index is -0.133. The van der Waals surface area contributed by atoms with Gasteiger partial charge in [-0.3, -0.25) is 9.20 Å². The fraction of sp³-hybridized carbons (Fsp3) is 0.133. The topological polar surface area (TPSA) is 68.5 Å². The maximum atomic E-state index is 12.3. The first-order valence-corrected chi connectivity index (χ1v) is 6.42. The van der Waals surface area contributed by atoms with Crippen LogP contribution < -0.4 is 15.6 Å². The van der Waals surface area contributed by atoms with Crippen LogP contribution in [0, 0.1) is 0 Å². The zero-order chi connectivity index (χ0) is 14.8. The van der Waals surface area contributed by atoms with Gasteiger partial charge in [-0.15, -0.1) is 0 Å². The Hall–Kier alpha value is -2.89. The van der Waals surface area contributed by atoms with Gasteiger partial charge in [0.15, 0.2) is 0 Å². The Morgan fingerprint density at radius 3 is 2.57 bits per heavy atom. The van der Waals surface area contributed by atoms with Gasteiger partial charge in [-0.2, -0.15) is 0 Å². The summed E-state index contributed by atoms with van der Waals surface area (Å²) in [5, 5.41) is 2.84. The third-order valence-corrected chi connectivity index (χ3v) is 3.25. The van der Waals surface area contributed by atoms with Gasteiger partial charge in [-0.25, -0.2) is 9.97 Å². The zero-order valence-corrected chi connectivity index (χ0v) is 11.7. The molecule has 3 heterocycles. The molecule has 1 N–H and O–H groups in total. The van der Waals surface area contributed by atoms with Crippen molar-refractivity contribution in [1.29, 1.82) is 0 Å². The van der Waals surface area contributed by atoms with Crippen LogP contribution >= 0.6 is 0 Å². The van der Waals surface area contributed by atoms with E-state index >= 15 is 0 Å². The summed E-state index contributed by atoms with van der Waals surface area (Å²) >= 11 is 0. The first kappa shape index (κ1) is 13.1. The van der Waals surface area contributed by atoms with Crippen molar-refractivity contribution in [1.82, 2.24) is 14.4 Å². The van der Waals surface area contributed by atoms with Gasteiger partial charge in [-0.1, -0.05) is 0 Å². The van der Waals surface area contributed by atoms with E-state index in [-0.39, 0.29) is 5.56 Å². The number of pyridine rings is 2. The van der Waals surface area contributed by atoms with Crippen molar-refractivity contribution in [2.45, 2.75) is 0 Å². The predicted octanol–water partition coefficient (Wildman–Crippen LogP) is 1.81. The summed E-state index contributed by atoms with van der Waals surface area (Å²) in [4.78, 5) is 20.7. The van der Waals surface area contributed by atoms with Gasteiger partial charge >= 0.3 is 0 Å². The Balaban J connectivity index is 2.15. The summed E-state index contributed by atoms with van der Waals surface area (Å²) in [6.45, 7) is 0. The summed E-state index contributed by atoms with van der Waals surface area (Å²) in [7, 11) is 3.27. The average Bonchev–Trinajstić information content (AvgIpc) is 2.55. The van der Waals surface area contributed by atoms with E-state index in [0.29, 0.717) is 17.2 Å². The standard InChI is InChI=1S/C15H14N4O2/c1-16-12-8-17-13-5-3-11(9-19(13)15(12)20)10-4-6-14(21-2)18-7-10/h3-9,16H,1-2H3. The first-order chi connectivity index (χ1) is 10.2. The molecule has 0 aliphatic carbocycles. The van der Waals surface area contributed by atoms with Crippen LogP contribution in [0.3, 0.4) is 0 Å². The second-order valence-corrected chi connectivity index (χ2v) is 4.46. The second kappa shape index (κ2) is 5.24. The molecule has 0 fully saturated rings. The van der Waals surface area contributed by atoms with E-state index in [0.717, 1.165) is 11.1 Å². The molecule has 0 saturated carbocycles. The van der Waals surface area contributed by atoms with Crippen LogP contribution in [0.2, 0.25) is 0 Å². The van der Waals surface area contributed by atoms with Crippen LogP contribution in [-0.4, -0.2) is 28.5 Å². The molecular formula is C15H14N4O2. The number of methoxy groups -OCH3 is 1. The molecule has 3 aromatic heterocycles. The van der Waals surface area contributed by atoms with E-state index in [1.54, 1.807) is 38.7 Å². The molecule has 0 aromatic carbocycles. The van der Waals surface area contributed by atoms with Crippen molar-refractivity contribution in [2.24, 2.45) is 0 Å². The molecule has 106 valence electrons. The van der Waals surface area contributed by atoms with Crippen molar-refractivity contribution < 1.29 is 4.74 Å². The van der Waals surface area contributed by atoms with Gasteiger partial charge in [0.1, 0.15) is 11.3 Å². The lowest BCUT2D eigenvalue weighted by Gasteiger charge is -2.07. The number of fused-ring (bicyclic) bond motifs is 1. The molecule has 6 heteroatoms. The van der Waals surface area contributed by atoms with Crippen molar-refractivity contribution in [2.75, 3.05) is 19.5 Å². The van der Waals surface area contributed by atoms with Crippen molar-refractivity contribution in [3.63, 3.8) is 0 Å². The summed E-state index contributed by atoms with van der Waals surface area (Å²) in [6.07, 6.45) is 5.00. The second-order valence-electron chi connectivity index (χ2n) is 4.46. The fourth-order valence-corrected chi connectivity index (χ4v) is 2.09. The Labute approximate surface area is 121 Å². The van der Waals surface area contributed by atoms with Crippen LogP contribution in [0.15, 0.2) is 47.7 Å². The molecule has 0 radical (unpaired) electrons. The van der Waals surface area contributed by atoms with E-state index in [2.05, 4.69) is 15.3 Å². The monoisotopic (exact) mass is 282 g/mol. The van der Waals surface area contributed by atoms with E-state index in [4.69, 9.17) is 4.74 Å². The molecule has 0 spiro atoms. The van der Waals surface area contributed by atoms with Gasteiger partial charge in [0.2, 0.25) is 5.88 Å². The normalized spacial score (nSPS) is 10.6.